The molecule has 0 fully saturated rings. The van der Waals surface area contributed by atoms with Crippen LogP contribution in [-0.2, 0) is 9.59 Å². The minimum atomic E-state index is -1.93. The molecule has 0 N–H and O–H groups in total. The third-order valence-electron chi connectivity index (χ3n) is 0.260. The van der Waals surface area contributed by atoms with E-state index in [0.29, 0.717) is 0 Å². The molecule has 2 nitrogen and oxygen atoms in total. The monoisotopic (exact) mass is 114 g/mol. The van der Waals surface area contributed by atoms with Gasteiger partial charge < -0.3 is 0 Å². The Labute approximate surface area is 62.4 Å². The number of aldehydes is 2. The summed E-state index contributed by atoms with van der Waals surface area (Å²) >= 11 is 0. The predicted molar refractivity (Wildman–Crippen MR) is 24.2 cm³/mol. The second kappa shape index (κ2) is 6.27. The topological polar surface area (TPSA) is 34.1 Å². The second-order valence-corrected chi connectivity index (χ2v) is 0.717. The summed E-state index contributed by atoms with van der Waals surface area (Å²) in [5.41, 5.74) is 0. The zero-order valence-corrected chi connectivity index (χ0v) is 2.93. The summed E-state index contributed by atoms with van der Waals surface area (Å²) in [7, 11) is 0. The second-order valence-electron chi connectivity index (χ2n) is 0.717. The van der Waals surface area contributed by atoms with Gasteiger partial charge in [0.2, 0.25) is 6.17 Å². The molecular formula is C3H4FNaO2. The Morgan fingerprint density at radius 2 is 1.57 bits per heavy atom. The number of hydrogen-bond donors (Lipinski definition) is 0. The van der Waals surface area contributed by atoms with E-state index in [1.165, 1.54) is 0 Å². The van der Waals surface area contributed by atoms with Crippen LogP contribution in [0.4, 0.5) is 4.39 Å². The summed E-state index contributed by atoms with van der Waals surface area (Å²) in [5.74, 6) is 0. The fourth-order valence-corrected chi connectivity index (χ4v) is 0.0321. The molecule has 0 rings (SSSR count). The Kier molecular flexibility index (Phi) is 9.22. The van der Waals surface area contributed by atoms with Gasteiger partial charge in [0.1, 0.15) is 0 Å². The van der Waals surface area contributed by atoms with Gasteiger partial charge in [0, 0.05) is 0 Å². The molecule has 0 aliphatic heterocycles. The molecule has 7 heavy (non-hydrogen) atoms. The number of rotatable bonds is 2. The number of carbonyl (C=O) groups excluding carboxylic acids is 2. The van der Waals surface area contributed by atoms with Crippen molar-refractivity contribution in [1.29, 1.82) is 0 Å². The summed E-state index contributed by atoms with van der Waals surface area (Å²) in [4.78, 5) is 18.3. The average Bonchev–Trinajstić information content (AvgIpc) is 1.65. The molecule has 0 aliphatic carbocycles. The van der Waals surface area contributed by atoms with E-state index >= 15 is 0 Å². The average molecular weight is 114 g/mol. The van der Waals surface area contributed by atoms with Crippen LogP contribution in [0.1, 0.15) is 0 Å². The van der Waals surface area contributed by atoms with Gasteiger partial charge in [-0.15, -0.1) is 0 Å². The fraction of sp³-hybridized carbons (Fsp3) is 0.333. The molecule has 0 saturated carbocycles. The Hall–Kier alpha value is 0.270. The number of carbonyl (C=O) groups is 2. The first-order chi connectivity index (χ1) is 2.81. The zero-order chi connectivity index (χ0) is 4.99. The van der Waals surface area contributed by atoms with Gasteiger partial charge in [-0.1, -0.05) is 0 Å². The van der Waals surface area contributed by atoms with Crippen LogP contribution in [0.2, 0.25) is 0 Å². The Bertz CT molecular complexity index is 58.0. The molecule has 0 radical (unpaired) electrons. The van der Waals surface area contributed by atoms with Crippen molar-refractivity contribution < 1.29 is 14.0 Å². The van der Waals surface area contributed by atoms with Crippen molar-refractivity contribution in [1.82, 2.24) is 0 Å². The van der Waals surface area contributed by atoms with Crippen molar-refractivity contribution in [2.24, 2.45) is 0 Å². The SMILES string of the molecule is O=CC(F)C=O.[NaH]. The molecule has 0 heterocycles. The van der Waals surface area contributed by atoms with Gasteiger partial charge in [-0.3, -0.25) is 9.59 Å². The molecule has 0 amide bonds. The third kappa shape index (κ3) is 6.27. The zero-order valence-electron chi connectivity index (χ0n) is 2.93. The number of hydrogen-bond acceptors (Lipinski definition) is 2. The van der Waals surface area contributed by atoms with E-state index in [1.807, 2.05) is 0 Å². The molecular weight excluding hydrogens is 110 g/mol. The van der Waals surface area contributed by atoms with Gasteiger partial charge in [0.05, 0.1) is 0 Å². The maximum absolute atomic E-state index is 11.1. The van der Waals surface area contributed by atoms with Gasteiger partial charge in [0.25, 0.3) is 0 Å². The molecule has 0 spiro atoms. The van der Waals surface area contributed by atoms with E-state index in [2.05, 4.69) is 0 Å². The van der Waals surface area contributed by atoms with Crippen LogP contribution in [-0.4, -0.2) is 48.3 Å². The van der Waals surface area contributed by atoms with Gasteiger partial charge in [0.15, 0.2) is 12.6 Å². The molecule has 0 aromatic rings. The van der Waals surface area contributed by atoms with Crippen LogP contribution in [0.15, 0.2) is 0 Å². The van der Waals surface area contributed by atoms with Crippen LogP contribution in [0.3, 0.4) is 0 Å². The normalized spacial score (nSPS) is 7.14. The van der Waals surface area contributed by atoms with Crippen molar-refractivity contribution in [2.75, 3.05) is 0 Å². The molecule has 0 aliphatic rings. The van der Waals surface area contributed by atoms with E-state index in [9.17, 15) is 4.39 Å². The molecule has 0 aromatic heterocycles. The molecule has 0 bridgehead atoms. The van der Waals surface area contributed by atoms with E-state index in [0.717, 1.165) is 0 Å². The van der Waals surface area contributed by atoms with Gasteiger partial charge in [-0.05, 0) is 0 Å². The van der Waals surface area contributed by atoms with Crippen LogP contribution >= 0.6 is 0 Å². The Morgan fingerprint density at radius 1 is 1.29 bits per heavy atom. The van der Waals surface area contributed by atoms with Crippen molar-refractivity contribution >= 4 is 42.1 Å². The van der Waals surface area contributed by atoms with Gasteiger partial charge >= 0.3 is 29.6 Å². The fourth-order valence-electron chi connectivity index (χ4n) is 0.0321. The number of halogens is 1. The van der Waals surface area contributed by atoms with E-state index < -0.39 is 6.17 Å². The van der Waals surface area contributed by atoms with Gasteiger partial charge in [-0.25, -0.2) is 4.39 Å². The van der Waals surface area contributed by atoms with Crippen LogP contribution in [0, 0.1) is 0 Å². The first-order valence-corrected chi connectivity index (χ1v) is 1.36. The minimum absolute atomic E-state index is 0. The maximum atomic E-state index is 11.1. The molecule has 0 atom stereocenters. The van der Waals surface area contributed by atoms with E-state index in [4.69, 9.17) is 9.59 Å². The molecule has 0 unspecified atom stereocenters. The Balaban J connectivity index is 0. The van der Waals surface area contributed by atoms with Gasteiger partial charge in [-0.2, -0.15) is 0 Å². The van der Waals surface area contributed by atoms with Crippen molar-refractivity contribution in [3.05, 3.63) is 0 Å². The molecule has 0 saturated heterocycles. The first-order valence-electron chi connectivity index (χ1n) is 1.36. The standard InChI is InChI=1S/C3H3FO2.Na.H/c4-3(1-5)2-6;;/h1-3H;;. The van der Waals surface area contributed by atoms with Crippen LogP contribution < -0.4 is 0 Å². The Morgan fingerprint density at radius 3 is 1.57 bits per heavy atom. The molecule has 0 aromatic carbocycles. The van der Waals surface area contributed by atoms with Crippen molar-refractivity contribution in [3.8, 4) is 0 Å². The van der Waals surface area contributed by atoms with Crippen LogP contribution in [0.25, 0.3) is 0 Å². The molecule has 36 valence electrons. The van der Waals surface area contributed by atoms with Crippen molar-refractivity contribution in [2.45, 2.75) is 6.17 Å². The van der Waals surface area contributed by atoms with Crippen LogP contribution in [0.5, 0.6) is 0 Å². The third-order valence-corrected chi connectivity index (χ3v) is 0.260. The number of alkyl halides is 1. The summed E-state index contributed by atoms with van der Waals surface area (Å²) < 4.78 is 11.1. The van der Waals surface area contributed by atoms with E-state index in [-0.39, 0.29) is 42.1 Å². The summed E-state index contributed by atoms with van der Waals surface area (Å²) in [6, 6.07) is 0. The predicted octanol–water partition coefficient (Wildman–Crippen LogP) is -0.926. The van der Waals surface area contributed by atoms with E-state index in [1.54, 1.807) is 0 Å². The first kappa shape index (κ1) is 10.3. The quantitative estimate of drug-likeness (QED) is 0.264. The molecule has 4 heteroatoms. The summed E-state index contributed by atoms with van der Waals surface area (Å²) in [6.45, 7) is 0. The van der Waals surface area contributed by atoms with Crippen molar-refractivity contribution in [3.63, 3.8) is 0 Å². The summed E-state index contributed by atoms with van der Waals surface area (Å²) in [6.07, 6.45) is -2.05. The summed E-state index contributed by atoms with van der Waals surface area (Å²) in [5, 5.41) is 0.